The van der Waals surface area contributed by atoms with E-state index in [4.69, 9.17) is 0 Å². The molecule has 0 amide bonds. The molecule has 0 nitrogen and oxygen atoms in total. The maximum Gasteiger partial charge on any atom is -0.0142 e. The van der Waals surface area contributed by atoms with Crippen molar-refractivity contribution in [3.05, 3.63) is 23.6 Å². The normalized spacial score (nSPS) is 10.2. The lowest BCUT2D eigenvalue weighted by molar-refractivity contribution is 1.16. The molecule has 0 rings (SSSR count). The summed E-state index contributed by atoms with van der Waals surface area (Å²) in [5.41, 5.74) is 1.19. The Kier molecular flexibility index (Phi) is 4.87. The molecule has 0 spiro atoms. The number of thioether (sulfide) groups is 1. The first-order valence-electron chi connectivity index (χ1n) is 2.68. The van der Waals surface area contributed by atoms with E-state index in [-0.39, 0.29) is 0 Å². The van der Waals surface area contributed by atoms with Crippen LogP contribution in [0.3, 0.4) is 0 Å². The highest BCUT2D eigenvalue weighted by atomic mass is 32.2. The Morgan fingerprint density at radius 1 is 1.75 bits per heavy atom. The fraction of sp³-hybridized carbons (Fsp3) is 0.429. The van der Waals surface area contributed by atoms with Gasteiger partial charge in [0.25, 0.3) is 0 Å². The first kappa shape index (κ1) is 7.83. The molecule has 0 bridgehead atoms. The molecule has 0 atom stereocenters. The SMILES string of the molecule is C=C(/C=C\SC)CC. The molecule has 0 saturated heterocycles. The van der Waals surface area contributed by atoms with Gasteiger partial charge in [0.15, 0.2) is 0 Å². The minimum Gasteiger partial charge on any atom is -0.138 e. The fourth-order valence-corrected chi connectivity index (χ4v) is 0.611. The van der Waals surface area contributed by atoms with Crippen LogP contribution in [0.2, 0.25) is 0 Å². The summed E-state index contributed by atoms with van der Waals surface area (Å²) in [6.07, 6.45) is 5.14. The van der Waals surface area contributed by atoms with Crippen molar-refractivity contribution >= 4 is 11.8 Å². The third-order valence-electron chi connectivity index (χ3n) is 0.894. The van der Waals surface area contributed by atoms with Crippen LogP contribution in [0.25, 0.3) is 0 Å². The minimum absolute atomic E-state index is 1.05. The highest BCUT2D eigenvalue weighted by Crippen LogP contribution is 2.02. The number of rotatable bonds is 3. The summed E-state index contributed by atoms with van der Waals surface area (Å²) in [7, 11) is 0. The van der Waals surface area contributed by atoms with Gasteiger partial charge in [0.05, 0.1) is 0 Å². The van der Waals surface area contributed by atoms with Crippen molar-refractivity contribution in [1.29, 1.82) is 0 Å². The highest BCUT2D eigenvalue weighted by molar-refractivity contribution is 8.01. The van der Waals surface area contributed by atoms with Crippen LogP contribution in [0, 0.1) is 0 Å². The third-order valence-corrected chi connectivity index (χ3v) is 1.30. The van der Waals surface area contributed by atoms with Crippen LogP contribution in [0.5, 0.6) is 0 Å². The van der Waals surface area contributed by atoms with Crippen LogP contribution in [0.1, 0.15) is 13.3 Å². The average molecular weight is 128 g/mol. The molecule has 0 saturated carbocycles. The molecule has 0 aliphatic carbocycles. The zero-order chi connectivity index (χ0) is 6.41. The first-order chi connectivity index (χ1) is 3.81. The molecule has 8 heavy (non-hydrogen) atoms. The van der Waals surface area contributed by atoms with E-state index in [1.807, 2.05) is 17.7 Å². The monoisotopic (exact) mass is 128 g/mol. The van der Waals surface area contributed by atoms with Crippen molar-refractivity contribution in [2.24, 2.45) is 0 Å². The summed E-state index contributed by atoms with van der Waals surface area (Å²) in [5.74, 6) is 0. The van der Waals surface area contributed by atoms with Crippen LogP contribution in [0.4, 0.5) is 0 Å². The zero-order valence-electron chi connectivity index (χ0n) is 5.48. The predicted octanol–water partition coefficient (Wildman–Crippen LogP) is 2.83. The quantitative estimate of drug-likeness (QED) is 0.527. The summed E-state index contributed by atoms with van der Waals surface area (Å²) in [6.45, 7) is 5.91. The molecule has 0 fully saturated rings. The first-order valence-corrected chi connectivity index (χ1v) is 3.97. The summed E-state index contributed by atoms with van der Waals surface area (Å²) in [6, 6.07) is 0. The van der Waals surface area contributed by atoms with Gasteiger partial charge in [-0.3, -0.25) is 0 Å². The Morgan fingerprint density at radius 3 is 2.75 bits per heavy atom. The van der Waals surface area contributed by atoms with Crippen LogP contribution < -0.4 is 0 Å². The van der Waals surface area contributed by atoms with Gasteiger partial charge in [-0.25, -0.2) is 0 Å². The lowest BCUT2D eigenvalue weighted by atomic mass is 10.2. The second-order valence-corrected chi connectivity index (χ2v) is 2.29. The van der Waals surface area contributed by atoms with Gasteiger partial charge in [-0.2, -0.15) is 0 Å². The maximum atomic E-state index is 3.81. The average Bonchev–Trinajstić information content (AvgIpc) is 1.83. The number of hydrogen-bond donors (Lipinski definition) is 0. The largest absolute Gasteiger partial charge is 0.138 e. The molecule has 1 heteroatoms. The Bertz CT molecular complexity index is 92.6. The molecular weight excluding hydrogens is 116 g/mol. The van der Waals surface area contributed by atoms with Crippen LogP contribution >= 0.6 is 11.8 Å². The topological polar surface area (TPSA) is 0 Å². The van der Waals surface area contributed by atoms with Crippen molar-refractivity contribution < 1.29 is 0 Å². The Labute approximate surface area is 55.7 Å². The molecule has 0 aliphatic heterocycles. The van der Waals surface area contributed by atoms with Crippen LogP contribution in [-0.2, 0) is 0 Å². The molecule has 0 unspecified atom stereocenters. The standard InChI is InChI=1S/C7H12S/c1-4-7(2)5-6-8-3/h5-6H,2,4H2,1,3H3/b6-5-. The Morgan fingerprint density at radius 2 is 2.38 bits per heavy atom. The fourth-order valence-electron chi connectivity index (χ4n) is 0.282. The minimum atomic E-state index is 1.05. The Hall–Kier alpha value is -0.170. The van der Waals surface area contributed by atoms with Crippen molar-refractivity contribution in [3.63, 3.8) is 0 Å². The molecule has 0 aliphatic rings. The van der Waals surface area contributed by atoms with Gasteiger partial charge in [-0.15, -0.1) is 11.8 Å². The second-order valence-electron chi connectivity index (χ2n) is 1.55. The van der Waals surface area contributed by atoms with Gasteiger partial charge in [-0.1, -0.05) is 25.2 Å². The van der Waals surface area contributed by atoms with Crippen molar-refractivity contribution in [1.82, 2.24) is 0 Å². The summed E-state index contributed by atoms with van der Waals surface area (Å²) in [5, 5.41) is 2.05. The third kappa shape index (κ3) is 4.00. The van der Waals surface area contributed by atoms with Crippen LogP contribution in [-0.4, -0.2) is 6.26 Å². The van der Waals surface area contributed by atoms with E-state index in [1.165, 1.54) is 5.57 Å². The molecule has 0 aromatic rings. The van der Waals surface area contributed by atoms with Gasteiger partial charge < -0.3 is 0 Å². The van der Waals surface area contributed by atoms with E-state index >= 15 is 0 Å². The second kappa shape index (κ2) is 4.98. The Balaban J connectivity index is 3.37. The van der Waals surface area contributed by atoms with Crippen LogP contribution in [0.15, 0.2) is 23.6 Å². The summed E-state index contributed by atoms with van der Waals surface area (Å²) in [4.78, 5) is 0. The van der Waals surface area contributed by atoms with Crippen molar-refractivity contribution in [2.45, 2.75) is 13.3 Å². The molecular formula is C7H12S. The molecule has 0 N–H and O–H groups in total. The van der Waals surface area contributed by atoms with E-state index in [0.29, 0.717) is 0 Å². The molecule has 0 radical (unpaired) electrons. The molecule has 0 aromatic heterocycles. The van der Waals surface area contributed by atoms with Crippen molar-refractivity contribution in [2.75, 3.05) is 6.26 Å². The van der Waals surface area contributed by atoms with E-state index in [9.17, 15) is 0 Å². The summed E-state index contributed by atoms with van der Waals surface area (Å²) < 4.78 is 0. The molecule has 0 aromatic carbocycles. The number of allylic oxidation sites excluding steroid dienone is 2. The number of hydrogen-bond acceptors (Lipinski definition) is 1. The van der Waals surface area contributed by atoms with E-state index in [0.717, 1.165) is 6.42 Å². The molecule has 0 heterocycles. The lowest BCUT2D eigenvalue weighted by Crippen LogP contribution is -1.65. The lowest BCUT2D eigenvalue weighted by Gasteiger charge is -1.87. The highest BCUT2D eigenvalue weighted by Gasteiger charge is 1.77. The van der Waals surface area contributed by atoms with E-state index < -0.39 is 0 Å². The van der Waals surface area contributed by atoms with Gasteiger partial charge in [0, 0.05) is 0 Å². The predicted molar refractivity (Wildman–Crippen MR) is 42.1 cm³/mol. The van der Waals surface area contributed by atoms with E-state index in [1.54, 1.807) is 11.8 Å². The van der Waals surface area contributed by atoms with Gasteiger partial charge in [0.2, 0.25) is 0 Å². The summed E-state index contributed by atoms with van der Waals surface area (Å²) >= 11 is 1.70. The van der Waals surface area contributed by atoms with Gasteiger partial charge >= 0.3 is 0 Å². The molecule has 46 valence electrons. The van der Waals surface area contributed by atoms with E-state index in [2.05, 4.69) is 13.5 Å². The van der Waals surface area contributed by atoms with Gasteiger partial charge in [0.1, 0.15) is 0 Å². The smallest absolute Gasteiger partial charge is 0.0142 e. The zero-order valence-corrected chi connectivity index (χ0v) is 6.29. The maximum absolute atomic E-state index is 3.81. The van der Waals surface area contributed by atoms with Gasteiger partial charge in [-0.05, 0) is 18.1 Å². The van der Waals surface area contributed by atoms with Crippen molar-refractivity contribution in [3.8, 4) is 0 Å².